The van der Waals surface area contributed by atoms with Crippen molar-refractivity contribution in [2.45, 2.75) is 155 Å². The van der Waals surface area contributed by atoms with Crippen molar-refractivity contribution >= 4 is 76.9 Å². The minimum atomic E-state index is 0.323. The van der Waals surface area contributed by atoms with Gasteiger partial charge in [0.15, 0.2) is 0 Å². The van der Waals surface area contributed by atoms with Crippen molar-refractivity contribution in [2.24, 2.45) is 0 Å². The molecule has 278 valence electrons. The van der Waals surface area contributed by atoms with E-state index in [2.05, 4.69) is 98.8 Å². The fourth-order valence-electron chi connectivity index (χ4n) is 9.12. The molecular formula is C52H64Se. The second kappa shape index (κ2) is 19.5. The number of fused-ring (bicyclic) bond motifs is 9. The average molecular weight is 768 g/mol. The van der Waals surface area contributed by atoms with Crippen molar-refractivity contribution in [3.8, 4) is 0 Å². The van der Waals surface area contributed by atoms with Crippen LogP contribution in [0.5, 0.6) is 0 Å². The third-order valence-electron chi connectivity index (χ3n) is 12.2. The maximum absolute atomic E-state index is 2.66. The van der Waals surface area contributed by atoms with E-state index in [1.165, 1.54) is 184 Å². The van der Waals surface area contributed by atoms with Crippen LogP contribution in [0.25, 0.3) is 62.4 Å². The van der Waals surface area contributed by atoms with Crippen LogP contribution in [0.1, 0.15) is 153 Å². The van der Waals surface area contributed by atoms with Crippen LogP contribution in [0, 0.1) is 0 Å². The van der Waals surface area contributed by atoms with Crippen LogP contribution in [0.3, 0.4) is 0 Å². The van der Waals surface area contributed by atoms with Crippen molar-refractivity contribution in [2.75, 3.05) is 0 Å². The molecule has 0 spiro atoms. The molecule has 1 heterocycles. The van der Waals surface area contributed by atoms with Gasteiger partial charge in [-0.1, -0.05) is 39.5 Å². The van der Waals surface area contributed by atoms with Gasteiger partial charge in [0, 0.05) is 0 Å². The van der Waals surface area contributed by atoms with Gasteiger partial charge in [-0.25, -0.2) is 0 Å². The molecule has 7 rings (SSSR count). The Bertz CT molecular complexity index is 2070. The molecule has 7 aromatic rings. The molecule has 0 aliphatic carbocycles. The Hall–Kier alpha value is -3.12. The topological polar surface area (TPSA) is 0 Å². The summed E-state index contributed by atoms with van der Waals surface area (Å²) in [6, 6.07) is 33.5. The zero-order chi connectivity index (χ0) is 36.2. The van der Waals surface area contributed by atoms with E-state index >= 15 is 0 Å². The molecule has 0 N–H and O–H groups in total. The molecule has 6 aromatic carbocycles. The molecule has 53 heavy (non-hydrogen) atoms. The van der Waals surface area contributed by atoms with E-state index in [1.54, 1.807) is 30.4 Å². The van der Waals surface area contributed by atoms with Crippen molar-refractivity contribution in [3.05, 3.63) is 96.1 Å². The van der Waals surface area contributed by atoms with E-state index in [0.29, 0.717) is 14.5 Å². The molecule has 0 saturated carbocycles. The number of benzene rings is 6. The molecule has 0 aliphatic rings. The predicted molar refractivity (Wildman–Crippen MR) is 240 cm³/mol. The Morgan fingerprint density at radius 2 is 0.642 bits per heavy atom. The molecule has 0 aliphatic heterocycles. The Balaban J connectivity index is 1.19. The monoisotopic (exact) mass is 768 g/mol. The van der Waals surface area contributed by atoms with Gasteiger partial charge in [-0.3, -0.25) is 0 Å². The molecule has 0 nitrogen and oxygen atoms in total. The normalized spacial score (nSPS) is 12.1. The minimum absolute atomic E-state index is 0.323. The average Bonchev–Trinajstić information content (AvgIpc) is 3.56. The quantitative estimate of drug-likeness (QED) is 0.0366. The fraction of sp³-hybridized carbons (Fsp3) is 0.462. The molecule has 0 saturated heterocycles. The zero-order valence-corrected chi connectivity index (χ0v) is 34.8. The van der Waals surface area contributed by atoms with Gasteiger partial charge >= 0.3 is 289 Å². The third kappa shape index (κ3) is 9.40. The Labute approximate surface area is 326 Å². The first-order chi connectivity index (χ1) is 26.2. The molecule has 0 amide bonds. The predicted octanol–water partition coefficient (Wildman–Crippen LogP) is 16.6. The molecule has 0 atom stereocenters. The van der Waals surface area contributed by atoms with Crippen LogP contribution < -0.4 is 0 Å². The number of unbranched alkanes of at least 4 members (excludes halogenated alkanes) is 18. The molecule has 0 bridgehead atoms. The van der Waals surface area contributed by atoms with Crippen LogP contribution in [0.2, 0.25) is 0 Å². The van der Waals surface area contributed by atoms with Gasteiger partial charge in [0.25, 0.3) is 0 Å². The van der Waals surface area contributed by atoms with Gasteiger partial charge < -0.3 is 0 Å². The van der Waals surface area contributed by atoms with E-state index in [-0.39, 0.29) is 0 Å². The SMILES string of the molecule is CCCCCCCCCCCCc1cc2[se]c3cc(CCCCCCCCCCCC)c4cc5ccccc5cc4c3c2c2cc3ccccc3cc12. The summed E-state index contributed by atoms with van der Waals surface area (Å²) in [5.74, 6) is 0. The third-order valence-corrected chi connectivity index (χ3v) is 14.4. The molecule has 0 radical (unpaired) electrons. The van der Waals surface area contributed by atoms with E-state index in [9.17, 15) is 0 Å². The number of rotatable bonds is 22. The van der Waals surface area contributed by atoms with Crippen molar-refractivity contribution in [1.82, 2.24) is 0 Å². The first kappa shape index (κ1) is 38.2. The fourth-order valence-corrected chi connectivity index (χ4v) is 11.8. The van der Waals surface area contributed by atoms with E-state index in [4.69, 9.17) is 0 Å². The second-order valence-corrected chi connectivity index (χ2v) is 18.5. The van der Waals surface area contributed by atoms with Gasteiger partial charge in [-0.05, 0) is 0 Å². The summed E-state index contributed by atoms with van der Waals surface area (Å²) in [5, 5.41) is 14.5. The Morgan fingerprint density at radius 1 is 0.340 bits per heavy atom. The van der Waals surface area contributed by atoms with Crippen LogP contribution >= 0.6 is 0 Å². The van der Waals surface area contributed by atoms with E-state index < -0.39 is 0 Å². The summed E-state index contributed by atoms with van der Waals surface area (Å²) >= 11 is 0.323. The summed E-state index contributed by atoms with van der Waals surface area (Å²) in [7, 11) is 0. The van der Waals surface area contributed by atoms with Crippen molar-refractivity contribution in [3.63, 3.8) is 0 Å². The van der Waals surface area contributed by atoms with E-state index in [1.807, 2.05) is 0 Å². The van der Waals surface area contributed by atoms with Gasteiger partial charge in [-0.15, -0.1) is 0 Å². The first-order valence-corrected chi connectivity index (χ1v) is 23.6. The number of hydrogen-bond acceptors (Lipinski definition) is 0. The van der Waals surface area contributed by atoms with Gasteiger partial charge in [0.2, 0.25) is 0 Å². The van der Waals surface area contributed by atoms with E-state index in [0.717, 1.165) is 0 Å². The Morgan fingerprint density at radius 3 is 0.981 bits per heavy atom. The van der Waals surface area contributed by atoms with Gasteiger partial charge in [-0.2, -0.15) is 0 Å². The van der Waals surface area contributed by atoms with Crippen molar-refractivity contribution < 1.29 is 0 Å². The summed E-state index contributed by atoms with van der Waals surface area (Å²) in [4.78, 5) is 0. The Kier molecular flexibility index (Phi) is 14.0. The number of aryl methyl sites for hydroxylation is 2. The summed E-state index contributed by atoms with van der Waals surface area (Å²) in [6.07, 6.45) is 30.2. The molecule has 0 fully saturated rings. The first-order valence-electron chi connectivity index (χ1n) is 21.9. The summed E-state index contributed by atoms with van der Waals surface area (Å²) < 4.78 is 3.23. The second-order valence-electron chi connectivity index (χ2n) is 16.3. The van der Waals surface area contributed by atoms with Crippen LogP contribution in [-0.2, 0) is 12.8 Å². The maximum atomic E-state index is 2.66. The van der Waals surface area contributed by atoms with Gasteiger partial charge in [0.1, 0.15) is 0 Å². The van der Waals surface area contributed by atoms with Gasteiger partial charge in [0.05, 0.1) is 0 Å². The molecule has 0 unspecified atom stereocenters. The standard InChI is InChI=1S/C52H64Se/c1-3-5-7-9-11-13-15-17-19-21-31-43-37-49-51(47-35-41-29-25-23-27-39(41)33-45(43)47)52-48-36-42-30-26-24-28-40(42)34-46(48)44(38-50(52)53-49)32-22-20-18-16-14-12-10-8-6-4-2/h23-30,33-38H,3-22,31-32H2,1-2H3. The van der Waals surface area contributed by atoms with Crippen LogP contribution in [-0.4, -0.2) is 14.5 Å². The molecule has 1 aromatic heterocycles. The molecular weight excluding hydrogens is 704 g/mol. The van der Waals surface area contributed by atoms with Crippen LogP contribution in [0.15, 0.2) is 84.9 Å². The number of hydrogen-bond donors (Lipinski definition) is 0. The van der Waals surface area contributed by atoms with Crippen LogP contribution in [0.4, 0.5) is 0 Å². The van der Waals surface area contributed by atoms with Crippen molar-refractivity contribution in [1.29, 1.82) is 0 Å². The molecule has 1 heteroatoms. The zero-order valence-electron chi connectivity index (χ0n) is 33.0. The summed E-state index contributed by atoms with van der Waals surface area (Å²) in [6.45, 7) is 4.62. The summed E-state index contributed by atoms with van der Waals surface area (Å²) in [5.41, 5.74) is 3.16.